The van der Waals surface area contributed by atoms with Crippen LogP contribution in [0.15, 0.2) is 18.2 Å². The summed E-state index contributed by atoms with van der Waals surface area (Å²) < 4.78 is 4.99. The van der Waals surface area contributed by atoms with E-state index in [4.69, 9.17) is 16.3 Å². The number of rotatable bonds is 2. The Balaban J connectivity index is 3.13. The molecule has 0 heterocycles. The Hall–Kier alpha value is -1.42. The molecule has 0 amide bonds. The van der Waals surface area contributed by atoms with E-state index in [1.54, 1.807) is 25.3 Å². The average molecular weight is 153 g/mol. The first-order chi connectivity index (χ1) is 5.29. The molecule has 0 atom stereocenters. The van der Waals surface area contributed by atoms with Crippen LogP contribution in [0.5, 0.6) is 5.75 Å². The van der Waals surface area contributed by atoms with Crippen molar-refractivity contribution < 1.29 is 4.74 Å². The largest absolute Gasteiger partial charge is 0.494 e. The minimum absolute atomic E-state index is 0.576. The number of ether oxygens (including phenoxy) is 1. The predicted octanol–water partition coefficient (Wildman–Crippen LogP) is 0.563. The second kappa shape index (κ2) is 3.12. The van der Waals surface area contributed by atoms with Gasteiger partial charge in [-0.3, -0.25) is 5.84 Å². The predicted molar refractivity (Wildman–Crippen MR) is 45.2 cm³/mol. The van der Waals surface area contributed by atoms with Crippen molar-refractivity contribution in [3.8, 4) is 5.75 Å². The Morgan fingerprint density at radius 2 is 2.18 bits per heavy atom. The molecule has 4 heteroatoms. The molecule has 0 unspecified atom stereocenters. The summed E-state index contributed by atoms with van der Waals surface area (Å²) in [5.74, 6) is 5.86. The van der Waals surface area contributed by atoms with Crippen LogP contribution < -0.4 is 21.7 Å². The van der Waals surface area contributed by atoms with Gasteiger partial charge in [-0.1, -0.05) is 6.07 Å². The number of hydrogen-bond acceptors (Lipinski definition) is 4. The van der Waals surface area contributed by atoms with Crippen LogP contribution >= 0.6 is 0 Å². The SMILES string of the molecule is COc1cccc(N)c1NN. The first-order valence-corrected chi connectivity index (χ1v) is 3.18. The summed E-state index contributed by atoms with van der Waals surface area (Å²) in [7, 11) is 1.57. The lowest BCUT2D eigenvalue weighted by atomic mass is 10.2. The second-order valence-corrected chi connectivity index (χ2v) is 2.07. The molecule has 11 heavy (non-hydrogen) atoms. The van der Waals surface area contributed by atoms with Gasteiger partial charge in [0.2, 0.25) is 0 Å². The van der Waals surface area contributed by atoms with Crippen LogP contribution in [0, 0.1) is 0 Å². The quantitative estimate of drug-likeness (QED) is 0.330. The fourth-order valence-corrected chi connectivity index (χ4v) is 0.873. The zero-order valence-electron chi connectivity index (χ0n) is 6.29. The fraction of sp³-hybridized carbons (Fsp3) is 0.143. The second-order valence-electron chi connectivity index (χ2n) is 2.07. The number of nitrogens with one attached hydrogen (secondary N) is 1. The van der Waals surface area contributed by atoms with Crippen LogP contribution in [0.3, 0.4) is 0 Å². The molecule has 1 aromatic carbocycles. The van der Waals surface area contributed by atoms with E-state index in [0.29, 0.717) is 17.1 Å². The van der Waals surface area contributed by atoms with Crippen LogP contribution in [-0.4, -0.2) is 7.11 Å². The summed E-state index contributed by atoms with van der Waals surface area (Å²) in [4.78, 5) is 0. The molecule has 60 valence electrons. The Bertz CT molecular complexity index is 249. The number of nitrogens with two attached hydrogens (primary N) is 2. The average Bonchev–Trinajstić information content (AvgIpc) is 2.04. The Kier molecular flexibility index (Phi) is 2.18. The topological polar surface area (TPSA) is 73.3 Å². The van der Waals surface area contributed by atoms with Crippen molar-refractivity contribution in [1.29, 1.82) is 0 Å². The Morgan fingerprint density at radius 1 is 1.45 bits per heavy atom. The molecular weight excluding hydrogens is 142 g/mol. The number of nitrogen functional groups attached to an aromatic ring is 2. The number of methoxy groups -OCH3 is 1. The van der Waals surface area contributed by atoms with Gasteiger partial charge in [-0.05, 0) is 12.1 Å². The van der Waals surface area contributed by atoms with Gasteiger partial charge in [-0.25, -0.2) is 0 Å². The molecule has 0 radical (unpaired) electrons. The van der Waals surface area contributed by atoms with Crippen LogP contribution in [0.2, 0.25) is 0 Å². The van der Waals surface area contributed by atoms with Gasteiger partial charge < -0.3 is 15.9 Å². The van der Waals surface area contributed by atoms with Crippen molar-refractivity contribution in [2.24, 2.45) is 5.84 Å². The maximum Gasteiger partial charge on any atom is 0.145 e. The van der Waals surface area contributed by atoms with E-state index in [0.717, 1.165) is 0 Å². The zero-order valence-corrected chi connectivity index (χ0v) is 6.29. The van der Waals surface area contributed by atoms with Crippen molar-refractivity contribution >= 4 is 11.4 Å². The summed E-state index contributed by atoms with van der Waals surface area (Å²) in [5, 5.41) is 0. The summed E-state index contributed by atoms with van der Waals surface area (Å²) in [5.41, 5.74) is 9.25. The Labute approximate surface area is 65.1 Å². The van der Waals surface area contributed by atoms with Crippen molar-refractivity contribution in [2.45, 2.75) is 0 Å². The molecule has 1 rings (SSSR count). The minimum atomic E-state index is 0.576. The normalized spacial score (nSPS) is 9.27. The molecule has 0 saturated heterocycles. The number of hydrogen-bond donors (Lipinski definition) is 3. The third-order valence-electron chi connectivity index (χ3n) is 1.42. The van der Waals surface area contributed by atoms with Gasteiger partial charge in [-0.2, -0.15) is 0 Å². The van der Waals surface area contributed by atoms with Gasteiger partial charge in [-0.15, -0.1) is 0 Å². The summed E-state index contributed by atoms with van der Waals surface area (Å²) in [6.45, 7) is 0. The number of benzene rings is 1. The first-order valence-electron chi connectivity index (χ1n) is 3.18. The van der Waals surface area contributed by atoms with Crippen LogP contribution in [0.1, 0.15) is 0 Å². The van der Waals surface area contributed by atoms with E-state index in [2.05, 4.69) is 5.43 Å². The van der Waals surface area contributed by atoms with Gasteiger partial charge in [0.05, 0.1) is 12.8 Å². The molecule has 1 aromatic rings. The van der Waals surface area contributed by atoms with Crippen molar-refractivity contribution in [3.05, 3.63) is 18.2 Å². The third kappa shape index (κ3) is 1.35. The highest BCUT2D eigenvalue weighted by Crippen LogP contribution is 2.28. The zero-order chi connectivity index (χ0) is 8.27. The molecule has 0 bridgehead atoms. The highest BCUT2D eigenvalue weighted by Gasteiger charge is 2.02. The lowest BCUT2D eigenvalue weighted by molar-refractivity contribution is 0.416. The van der Waals surface area contributed by atoms with Crippen molar-refractivity contribution in [2.75, 3.05) is 18.3 Å². The van der Waals surface area contributed by atoms with Gasteiger partial charge in [0.15, 0.2) is 0 Å². The third-order valence-corrected chi connectivity index (χ3v) is 1.42. The molecule has 0 aliphatic rings. The fourth-order valence-electron chi connectivity index (χ4n) is 0.873. The standard InChI is InChI=1S/C7H11N3O/c1-11-6-4-2-3-5(8)7(6)10-9/h2-4,10H,8-9H2,1H3. The molecule has 0 fully saturated rings. The molecule has 0 aromatic heterocycles. The van der Waals surface area contributed by atoms with E-state index in [9.17, 15) is 0 Å². The van der Waals surface area contributed by atoms with Gasteiger partial charge in [0, 0.05) is 0 Å². The first kappa shape index (κ1) is 7.68. The molecular formula is C7H11N3O. The van der Waals surface area contributed by atoms with E-state index < -0.39 is 0 Å². The molecule has 0 spiro atoms. The summed E-state index contributed by atoms with van der Waals surface area (Å²) in [6, 6.07) is 5.33. The molecule has 0 aliphatic carbocycles. The minimum Gasteiger partial charge on any atom is -0.494 e. The van der Waals surface area contributed by atoms with Crippen molar-refractivity contribution in [1.82, 2.24) is 0 Å². The smallest absolute Gasteiger partial charge is 0.145 e. The van der Waals surface area contributed by atoms with E-state index in [1.165, 1.54) is 0 Å². The van der Waals surface area contributed by atoms with E-state index >= 15 is 0 Å². The highest BCUT2D eigenvalue weighted by molar-refractivity contribution is 5.72. The lowest BCUT2D eigenvalue weighted by Crippen LogP contribution is -2.10. The number of para-hydroxylation sites is 1. The van der Waals surface area contributed by atoms with Crippen molar-refractivity contribution in [3.63, 3.8) is 0 Å². The van der Waals surface area contributed by atoms with Crippen LogP contribution in [0.4, 0.5) is 11.4 Å². The summed E-state index contributed by atoms with van der Waals surface area (Å²) in [6.07, 6.45) is 0. The van der Waals surface area contributed by atoms with E-state index in [1.807, 2.05) is 0 Å². The lowest BCUT2D eigenvalue weighted by Gasteiger charge is -2.08. The maximum atomic E-state index is 5.58. The van der Waals surface area contributed by atoms with Crippen LogP contribution in [-0.2, 0) is 0 Å². The summed E-state index contributed by atoms with van der Waals surface area (Å²) >= 11 is 0. The van der Waals surface area contributed by atoms with Crippen LogP contribution in [0.25, 0.3) is 0 Å². The van der Waals surface area contributed by atoms with Gasteiger partial charge in [0.1, 0.15) is 11.4 Å². The highest BCUT2D eigenvalue weighted by atomic mass is 16.5. The van der Waals surface area contributed by atoms with Gasteiger partial charge in [0.25, 0.3) is 0 Å². The molecule has 0 aliphatic heterocycles. The van der Waals surface area contributed by atoms with E-state index in [-0.39, 0.29) is 0 Å². The number of hydrazine groups is 1. The maximum absolute atomic E-state index is 5.58. The van der Waals surface area contributed by atoms with Gasteiger partial charge >= 0.3 is 0 Å². The monoisotopic (exact) mass is 153 g/mol. The molecule has 5 N–H and O–H groups in total. The Morgan fingerprint density at radius 3 is 2.64 bits per heavy atom. The molecule has 4 nitrogen and oxygen atoms in total. The molecule has 0 saturated carbocycles. The number of anilines is 2.